The second kappa shape index (κ2) is 5.56. The molecular weight excluding hydrogens is 198 g/mol. The number of hydrogen-bond donors (Lipinski definition) is 1. The van der Waals surface area contributed by atoms with Gasteiger partial charge in [0.05, 0.1) is 5.75 Å². The largest absolute Gasteiger partial charge is 0.312 e. The van der Waals surface area contributed by atoms with Crippen LogP contribution in [0.4, 0.5) is 0 Å². The molecule has 0 saturated carbocycles. The summed E-state index contributed by atoms with van der Waals surface area (Å²) >= 11 is 5.47. The molecule has 0 heterocycles. The van der Waals surface area contributed by atoms with Crippen LogP contribution in [0.1, 0.15) is 6.42 Å². The van der Waals surface area contributed by atoms with Crippen molar-refractivity contribution in [2.45, 2.75) is 6.42 Å². The topological polar surface area (TPSA) is 46.2 Å². The van der Waals surface area contributed by atoms with E-state index in [4.69, 9.17) is 11.6 Å². The van der Waals surface area contributed by atoms with E-state index >= 15 is 0 Å². The van der Waals surface area contributed by atoms with E-state index < -0.39 is 9.84 Å². The van der Waals surface area contributed by atoms with E-state index in [1.807, 2.05) is 0 Å². The minimum absolute atomic E-state index is 0.217. The fourth-order valence-corrected chi connectivity index (χ4v) is 1.45. The lowest BCUT2D eigenvalue weighted by Crippen LogP contribution is -2.19. The molecule has 0 fully saturated rings. The maximum Gasteiger partial charge on any atom is 0.147 e. The van der Waals surface area contributed by atoms with E-state index in [1.165, 1.54) is 6.26 Å². The van der Waals surface area contributed by atoms with Crippen molar-refractivity contribution in [1.82, 2.24) is 5.32 Å². The fourth-order valence-electron chi connectivity index (χ4n) is 0.683. The Morgan fingerprint density at radius 3 is 2.58 bits per heavy atom. The molecule has 0 aliphatic heterocycles. The van der Waals surface area contributed by atoms with Crippen LogP contribution in [0, 0.1) is 0 Å². The quantitative estimate of drug-likeness (QED) is 0.660. The standard InChI is InChI=1S/C7H14ClNO2S/c1-7(8)6-9-4-3-5-12(2,10)11/h9H,1,3-6H2,2H3. The molecule has 3 nitrogen and oxygen atoms in total. The van der Waals surface area contributed by atoms with Crippen LogP contribution in [0.25, 0.3) is 0 Å². The number of rotatable bonds is 6. The van der Waals surface area contributed by atoms with Gasteiger partial charge in [0, 0.05) is 17.8 Å². The molecule has 0 saturated heterocycles. The average molecular weight is 212 g/mol. The first-order valence-electron chi connectivity index (χ1n) is 3.63. The van der Waals surface area contributed by atoms with E-state index in [1.54, 1.807) is 0 Å². The smallest absolute Gasteiger partial charge is 0.147 e. The highest BCUT2D eigenvalue weighted by Crippen LogP contribution is 1.92. The summed E-state index contributed by atoms with van der Waals surface area (Å²) in [5.74, 6) is 0.217. The van der Waals surface area contributed by atoms with Crippen LogP contribution >= 0.6 is 11.6 Å². The maximum absolute atomic E-state index is 10.7. The van der Waals surface area contributed by atoms with E-state index in [-0.39, 0.29) is 5.75 Å². The minimum atomic E-state index is -2.82. The molecular formula is C7H14ClNO2S. The molecule has 12 heavy (non-hydrogen) atoms. The molecule has 0 aliphatic carbocycles. The third-order valence-corrected chi connectivity index (χ3v) is 2.35. The van der Waals surface area contributed by atoms with Crippen molar-refractivity contribution < 1.29 is 8.42 Å². The summed E-state index contributed by atoms with van der Waals surface area (Å²) in [5.41, 5.74) is 0. The summed E-state index contributed by atoms with van der Waals surface area (Å²) < 4.78 is 21.3. The van der Waals surface area contributed by atoms with Crippen molar-refractivity contribution >= 4 is 21.4 Å². The summed E-state index contributed by atoms with van der Waals surface area (Å²) in [6.45, 7) is 4.67. The fraction of sp³-hybridized carbons (Fsp3) is 0.714. The Bertz CT molecular complexity index is 236. The Hall–Kier alpha value is -0.0600. The summed E-state index contributed by atoms with van der Waals surface area (Å²) in [6, 6.07) is 0. The Balaban J connectivity index is 3.29. The Kier molecular flexibility index (Phi) is 5.53. The molecule has 0 amide bonds. The number of sulfone groups is 1. The van der Waals surface area contributed by atoms with Crippen molar-refractivity contribution in [3.63, 3.8) is 0 Å². The van der Waals surface area contributed by atoms with Crippen LogP contribution in [0.15, 0.2) is 11.6 Å². The van der Waals surface area contributed by atoms with Gasteiger partial charge in [0.25, 0.3) is 0 Å². The normalized spacial score (nSPS) is 11.5. The van der Waals surface area contributed by atoms with Gasteiger partial charge in [-0.3, -0.25) is 0 Å². The zero-order valence-corrected chi connectivity index (χ0v) is 8.71. The molecule has 1 N–H and O–H groups in total. The van der Waals surface area contributed by atoms with Gasteiger partial charge in [-0.15, -0.1) is 0 Å². The zero-order valence-electron chi connectivity index (χ0n) is 7.14. The molecule has 0 aromatic carbocycles. The first-order valence-corrected chi connectivity index (χ1v) is 6.07. The predicted octanol–water partition coefficient (Wildman–Crippen LogP) is 0.763. The van der Waals surface area contributed by atoms with Crippen LogP contribution < -0.4 is 5.32 Å². The van der Waals surface area contributed by atoms with Gasteiger partial charge in [0.15, 0.2) is 0 Å². The van der Waals surface area contributed by atoms with Gasteiger partial charge < -0.3 is 5.32 Å². The third kappa shape index (κ3) is 9.94. The highest BCUT2D eigenvalue weighted by Gasteiger charge is 2.00. The first-order chi connectivity index (χ1) is 5.42. The van der Waals surface area contributed by atoms with Gasteiger partial charge >= 0.3 is 0 Å². The molecule has 0 atom stereocenters. The van der Waals surface area contributed by atoms with Gasteiger partial charge in [-0.05, 0) is 13.0 Å². The van der Waals surface area contributed by atoms with Crippen LogP contribution in [0.5, 0.6) is 0 Å². The van der Waals surface area contributed by atoms with Crippen molar-refractivity contribution in [2.24, 2.45) is 0 Å². The van der Waals surface area contributed by atoms with E-state index in [0.717, 1.165) is 0 Å². The molecule has 0 rings (SSSR count). The molecule has 5 heteroatoms. The van der Waals surface area contributed by atoms with E-state index in [0.29, 0.717) is 24.5 Å². The van der Waals surface area contributed by atoms with Gasteiger partial charge in [-0.1, -0.05) is 18.2 Å². The highest BCUT2D eigenvalue weighted by molar-refractivity contribution is 7.90. The van der Waals surface area contributed by atoms with Crippen molar-refractivity contribution in [3.8, 4) is 0 Å². The van der Waals surface area contributed by atoms with Crippen LogP contribution in [0.2, 0.25) is 0 Å². The molecule has 0 radical (unpaired) electrons. The minimum Gasteiger partial charge on any atom is -0.312 e. The van der Waals surface area contributed by atoms with Crippen LogP contribution in [-0.2, 0) is 9.84 Å². The molecule has 0 bridgehead atoms. The van der Waals surface area contributed by atoms with Crippen molar-refractivity contribution in [1.29, 1.82) is 0 Å². The second-order valence-corrected chi connectivity index (χ2v) is 5.47. The number of hydrogen-bond acceptors (Lipinski definition) is 3. The molecule has 0 unspecified atom stereocenters. The lowest BCUT2D eigenvalue weighted by atomic mass is 10.4. The van der Waals surface area contributed by atoms with Gasteiger partial charge in [0.2, 0.25) is 0 Å². The molecule has 72 valence electrons. The molecule has 0 aliphatic rings. The van der Waals surface area contributed by atoms with Crippen LogP contribution in [-0.4, -0.2) is 33.5 Å². The monoisotopic (exact) mass is 211 g/mol. The summed E-state index contributed by atoms with van der Waals surface area (Å²) in [6.07, 6.45) is 1.84. The second-order valence-electron chi connectivity index (χ2n) is 2.68. The average Bonchev–Trinajstić information content (AvgIpc) is 1.83. The third-order valence-electron chi connectivity index (χ3n) is 1.19. The maximum atomic E-state index is 10.7. The Morgan fingerprint density at radius 1 is 1.58 bits per heavy atom. The van der Waals surface area contributed by atoms with Crippen LogP contribution in [0.3, 0.4) is 0 Å². The first kappa shape index (κ1) is 11.9. The summed E-state index contributed by atoms with van der Waals surface area (Å²) in [7, 11) is -2.82. The zero-order chi connectivity index (χ0) is 9.61. The predicted molar refractivity (Wildman–Crippen MR) is 52.2 cm³/mol. The summed E-state index contributed by atoms with van der Waals surface area (Å²) in [5, 5.41) is 3.50. The van der Waals surface area contributed by atoms with Gasteiger partial charge in [-0.25, -0.2) is 8.42 Å². The van der Waals surface area contributed by atoms with E-state index in [9.17, 15) is 8.42 Å². The Labute approximate surface area is 78.7 Å². The lowest BCUT2D eigenvalue weighted by molar-refractivity contribution is 0.596. The van der Waals surface area contributed by atoms with Crippen molar-refractivity contribution in [3.05, 3.63) is 11.6 Å². The molecule has 0 aromatic rings. The molecule has 0 spiro atoms. The lowest BCUT2D eigenvalue weighted by Gasteiger charge is -2.01. The van der Waals surface area contributed by atoms with Gasteiger partial charge in [-0.2, -0.15) is 0 Å². The van der Waals surface area contributed by atoms with E-state index in [2.05, 4.69) is 11.9 Å². The van der Waals surface area contributed by atoms with Gasteiger partial charge in [0.1, 0.15) is 9.84 Å². The highest BCUT2D eigenvalue weighted by atomic mass is 35.5. The number of halogens is 1. The SMILES string of the molecule is C=C(Cl)CNCCCS(C)(=O)=O. The molecule has 0 aromatic heterocycles. The van der Waals surface area contributed by atoms with Crippen molar-refractivity contribution in [2.75, 3.05) is 25.1 Å². The summed E-state index contributed by atoms with van der Waals surface area (Å²) in [4.78, 5) is 0. The Morgan fingerprint density at radius 2 is 2.17 bits per heavy atom. The number of nitrogens with one attached hydrogen (secondary N) is 1.